The number of carbonyl (C=O) groups excluding carboxylic acids is 1. The van der Waals surface area contributed by atoms with Crippen molar-refractivity contribution in [2.75, 3.05) is 19.8 Å². The molecule has 18 heavy (non-hydrogen) atoms. The van der Waals surface area contributed by atoms with Crippen LogP contribution in [-0.4, -0.2) is 31.2 Å². The summed E-state index contributed by atoms with van der Waals surface area (Å²) in [6, 6.07) is 1.55. The molecule has 0 saturated heterocycles. The molecule has 1 aromatic rings. The second kappa shape index (κ2) is 4.78. The summed E-state index contributed by atoms with van der Waals surface area (Å²) in [5.74, 6) is 0.882. The lowest BCUT2D eigenvalue weighted by molar-refractivity contribution is 0.111. The summed E-state index contributed by atoms with van der Waals surface area (Å²) >= 11 is 6.20. The lowest BCUT2D eigenvalue weighted by Gasteiger charge is -2.30. The van der Waals surface area contributed by atoms with Crippen LogP contribution >= 0.6 is 11.6 Å². The van der Waals surface area contributed by atoms with Gasteiger partial charge in [-0.25, -0.2) is 0 Å². The van der Waals surface area contributed by atoms with Crippen LogP contribution in [0, 0.1) is 0 Å². The van der Waals surface area contributed by atoms with Gasteiger partial charge in [0.2, 0.25) is 0 Å². The van der Waals surface area contributed by atoms with E-state index in [9.17, 15) is 9.90 Å². The van der Waals surface area contributed by atoms with Gasteiger partial charge in [0.05, 0.1) is 12.2 Å². The second-order valence-electron chi connectivity index (χ2n) is 4.84. The summed E-state index contributed by atoms with van der Waals surface area (Å²) in [5.41, 5.74) is 0.475. The minimum atomic E-state index is -0.566. The first-order valence-electron chi connectivity index (χ1n) is 5.70. The van der Waals surface area contributed by atoms with Crippen molar-refractivity contribution in [3.63, 3.8) is 0 Å². The number of aliphatic hydroxyl groups is 1. The van der Waals surface area contributed by atoms with Crippen molar-refractivity contribution < 1.29 is 19.4 Å². The van der Waals surface area contributed by atoms with Crippen LogP contribution in [0.3, 0.4) is 0 Å². The number of fused-ring (bicyclic) bond motifs is 1. The lowest BCUT2D eigenvalue weighted by Crippen LogP contribution is -2.27. The summed E-state index contributed by atoms with van der Waals surface area (Å²) in [4.78, 5) is 11.0. The quantitative estimate of drug-likeness (QED) is 0.856. The van der Waals surface area contributed by atoms with Crippen molar-refractivity contribution in [1.82, 2.24) is 0 Å². The van der Waals surface area contributed by atoms with Crippen molar-refractivity contribution in [2.45, 2.75) is 19.3 Å². The molecule has 0 atom stereocenters. The van der Waals surface area contributed by atoms with Crippen LogP contribution in [0.1, 0.15) is 29.8 Å². The standard InChI is InChI=1S/C13H15ClO4/c1-13(2,7-16)10-9(14)5-8(6-15)11-12(10)18-4-3-17-11/h5-6,16H,3-4,7H2,1-2H3. The lowest BCUT2D eigenvalue weighted by atomic mass is 9.84. The highest BCUT2D eigenvalue weighted by atomic mass is 35.5. The molecule has 0 fully saturated rings. The molecule has 0 bridgehead atoms. The summed E-state index contributed by atoms with van der Waals surface area (Å²) in [7, 11) is 0. The van der Waals surface area contributed by atoms with Crippen LogP contribution in [0.25, 0.3) is 0 Å². The smallest absolute Gasteiger partial charge is 0.172 e. The van der Waals surface area contributed by atoms with Crippen molar-refractivity contribution in [2.24, 2.45) is 0 Å². The number of carbonyl (C=O) groups is 1. The molecule has 0 saturated carbocycles. The second-order valence-corrected chi connectivity index (χ2v) is 5.24. The fourth-order valence-corrected chi connectivity index (χ4v) is 2.46. The average molecular weight is 271 g/mol. The normalized spacial score (nSPS) is 14.4. The zero-order chi connectivity index (χ0) is 13.3. The van der Waals surface area contributed by atoms with Gasteiger partial charge >= 0.3 is 0 Å². The molecule has 1 aromatic carbocycles. The van der Waals surface area contributed by atoms with E-state index in [1.54, 1.807) is 6.07 Å². The SMILES string of the molecule is CC(C)(CO)c1c(Cl)cc(C=O)c2c1OCCO2. The van der Waals surface area contributed by atoms with Gasteiger partial charge in [-0.1, -0.05) is 25.4 Å². The molecule has 1 heterocycles. The first-order chi connectivity index (χ1) is 8.51. The molecule has 1 aliphatic rings. The Bertz CT molecular complexity index is 482. The van der Waals surface area contributed by atoms with Crippen LogP contribution in [0.4, 0.5) is 0 Å². The highest BCUT2D eigenvalue weighted by Gasteiger charge is 2.32. The van der Waals surface area contributed by atoms with Crippen LogP contribution in [0.15, 0.2) is 6.07 Å². The zero-order valence-corrected chi connectivity index (χ0v) is 11.1. The Morgan fingerprint density at radius 2 is 2.00 bits per heavy atom. The fraction of sp³-hybridized carbons (Fsp3) is 0.462. The van der Waals surface area contributed by atoms with Crippen LogP contribution < -0.4 is 9.47 Å². The number of aldehydes is 1. The van der Waals surface area contributed by atoms with Gasteiger partial charge in [0, 0.05) is 16.0 Å². The molecular weight excluding hydrogens is 256 g/mol. The number of rotatable bonds is 3. The van der Waals surface area contributed by atoms with Gasteiger partial charge in [-0.15, -0.1) is 0 Å². The molecule has 0 aromatic heterocycles. The molecule has 2 rings (SSSR count). The van der Waals surface area contributed by atoms with E-state index in [-0.39, 0.29) is 6.61 Å². The largest absolute Gasteiger partial charge is 0.486 e. The number of hydrogen-bond acceptors (Lipinski definition) is 4. The van der Waals surface area contributed by atoms with E-state index in [0.717, 1.165) is 0 Å². The maximum absolute atomic E-state index is 11.0. The summed E-state index contributed by atoms with van der Waals surface area (Å²) in [6.45, 7) is 4.43. The number of ether oxygens (including phenoxy) is 2. The van der Waals surface area contributed by atoms with Gasteiger partial charge in [-0.05, 0) is 6.07 Å². The molecule has 0 unspecified atom stereocenters. The van der Waals surface area contributed by atoms with E-state index in [0.29, 0.717) is 47.1 Å². The van der Waals surface area contributed by atoms with Crippen molar-refractivity contribution in [1.29, 1.82) is 0 Å². The van der Waals surface area contributed by atoms with Crippen LogP contribution in [-0.2, 0) is 5.41 Å². The first kappa shape index (κ1) is 13.2. The minimum Gasteiger partial charge on any atom is -0.486 e. The van der Waals surface area contributed by atoms with Gasteiger partial charge in [-0.2, -0.15) is 0 Å². The Morgan fingerprint density at radius 3 is 2.56 bits per heavy atom. The minimum absolute atomic E-state index is 0.0804. The van der Waals surface area contributed by atoms with E-state index < -0.39 is 5.41 Å². The molecule has 0 spiro atoms. The molecule has 0 aliphatic carbocycles. The third-order valence-electron chi connectivity index (χ3n) is 2.99. The topological polar surface area (TPSA) is 55.8 Å². The van der Waals surface area contributed by atoms with Gasteiger partial charge in [-0.3, -0.25) is 4.79 Å². The van der Waals surface area contributed by atoms with E-state index >= 15 is 0 Å². The molecule has 1 N–H and O–H groups in total. The maximum atomic E-state index is 11.0. The molecule has 4 nitrogen and oxygen atoms in total. The number of halogens is 1. The number of benzene rings is 1. The maximum Gasteiger partial charge on any atom is 0.172 e. The van der Waals surface area contributed by atoms with E-state index in [1.807, 2.05) is 13.8 Å². The average Bonchev–Trinajstić information content (AvgIpc) is 2.37. The molecular formula is C13H15ClO4. The Balaban J connectivity index is 2.70. The van der Waals surface area contributed by atoms with Gasteiger partial charge in [0.1, 0.15) is 13.2 Å². The summed E-state index contributed by atoms with van der Waals surface area (Å²) < 4.78 is 11.1. The highest BCUT2D eigenvalue weighted by molar-refractivity contribution is 6.32. The molecule has 0 amide bonds. The summed E-state index contributed by atoms with van der Waals surface area (Å²) in [5, 5.41) is 9.88. The number of aliphatic hydroxyl groups excluding tert-OH is 1. The Morgan fingerprint density at radius 1 is 1.39 bits per heavy atom. The van der Waals surface area contributed by atoms with Gasteiger partial charge in [0.15, 0.2) is 17.8 Å². The van der Waals surface area contributed by atoms with Crippen molar-refractivity contribution >= 4 is 17.9 Å². The Hall–Kier alpha value is -1.26. The molecule has 98 valence electrons. The first-order valence-corrected chi connectivity index (χ1v) is 6.07. The predicted octanol–water partition coefficient (Wildman–Crippen LogP) is 2.19. The molecule has 5 heteroatoms. The van der Waals surface area contributed by atoms with Gasteiger partial charge < -0.3 is 14.6 Å². The van der Waals surface area contributed by atoms with Crippen LogP contribution in [0.2, 0.25) is 5.02 Å². The monoisotopic (exact) mass is 270 g/mol. The summed E-state index contributed by atoms with van der Waals surface area (Å²) in [6.07, 6.45) is 0.690. The predicted molar refractivity (Wildman–Crippen MR) is 67.9 cm³/mol. The van der Waals surface area contributed by atoms with E-state index in [1.165, 1.54) is 0 Å². The van der Waals surface area contributed by atoms with Crippen molar-refractivity contribution in [3.8, 4) is 11.5 Å². The van der Waals surface area contributed by atoms with Crippen LogP contribution in [0.5, 0.6) is 11.5 Å². The molecule has 1 aliphatic heterocycles. The van der Waals surface area contributed by atoms with Crippen molar-refractivity contribution in [3.05, 3.63) is 22.2 Å². The molecule has 0 radical (unpaired) electrons. The van der Waals surface area contributed by atoms with E-state index in [2.05, 4.69) is 0 Å². The van der Waals surface area contributed by atoms with E-state index in [4.69, 9.17) is 21.1 Å². The fourth-order valence-electron chi connectivity index (χ4n) is 2.00. The Kier molecular flexibility index (Phi) is 3.50. The third kappa shape index (κ3) is 2.06. The number of hydrogen-bond donors (Lipinski definition) is 1. The third-order valence-corrected chi connectivity index (χ3v) is 3.29. The Labute approximate surface area is 110 Å². The highest BCUT2D eigenvalue weighted by Crippen LogP contribution is 2.46. The van der Waals surface area contributed by atoms with Gasteiger partial charge in [0.25, 0.3) is 0 Å². The zero-order valence-electron chi connectivity index (χ0n) is 10.3.